The van der Waals surface area contributed by atoms with Crippen LogP contribution < -0.4 is 0 Å². The Morgan fingerprint density at radius 2 is 1.93 bits per heavy atom. The molecule has 1 aliphatic rings. The summed E-state index contributed by atoms with van der Waals surface area (Å²) in [5.41, 5.74) is 2.00. The van der Waals surface area contributed by atoms with Gasteiger partial charge in [0.2, 0.25) is 0 Å². The van der Waals surface area contributed by atoms with E-state index in [1.165, 1.54) is 0 Å². The maximum absolute atomic E-state index is 9.73. The van der Waals surface area contributed by atoms with Crippen LogP contribution in [-0.4, -0.2) is 22.4 Å². The fourth-order valence-electron chi connectivity index (χ4n) is 2.25. The van der Waals surface area contributed by atoms with Gasteiger partial charge in [-0.3, -0.25) is 0 Å². The first kappa shape index (κ1) is 11.5. The van der Waals surface area contributed by atoms with Gasteiger partial charge in [0, 0.05) is 0 Å². The minimum absolute atomic E-state index is 0.0464. The Hall–Kier alpha value is -0.600. The molecule has 1 aliphatic carbocycles. The van der Waals surface area contributed by atoms with E-state index in [-0.39, 0.29) is 5.41 Å². The average Bonchev–Trinajstić information content (AvgIpc) is 2.08. The smallest absolute Gasteiger partial charge is 0.101 e. The van der Waals surface area contributed by atoms with Crippen molar-refractivity contribution in [2.24, 2.45) is 5.41 Å². The molecule has 0 unspecified atom stereocenters. The van der Waals surface area contributed by atoms with Gasteiger partial charge in [-0.05, 0) is 36.8 Å². The van der Waals surface area contributed by atoms with Crippen LogP contribution in [0.4, 0.5) is 0 Å². The molecule has 0 aromatic heterocycles. The van der Waals surface area contributed by atoms with Crippen LogP contribution in [0.2, 0.25) is 0 Å². The van der Waals surface area contributed by atoms with Crippen molar-refractivity contribution in [2.75, 3.05) is 0 Å². The lowest BCUT2D eigenvalue weighted by atomic mass is 9.70. The average molecular weight is 196 g/mol. The van der Waals surface area contributed by atoms with Crippen LogP contribution in [0.15, 0.2) is 23.3 Å². The molecule has 0 heterocycles. The number of rotatable bonds is 1. The molecule has 0 bridgehead atoms. The maximum Gasteiger partial charge on any atom is 0.101 e. The van der Waals surface area contributed by atoms with E-state index in [0.717, 1.165) is 11.1 Å². The maximum atomic E-state index is 9.73. The van der Waals surface area contributed by atoms with Crippen LogP contribution in [0.1, 0.15) is 34.1 Å². The van der Waals surface area contributed by atoms with Crippen LogP contribution in [-0.2, 0) is 0 Å². The Kier molecular flexibility index (Phi) is 3.17. The molecule has 2 N–H and O–H groups in total. The normalized spacial score (nSPS) is 32.7. The van der Waals surface area contributed by atoms with Crippen molar-refractivity contribution in [3.63, 3.8) is 0 Å². The highest BCUT2D eigenvalue weighted by molar-refractivity contribution is 5.35. The van der Waals surface area contributed by atoms with Crippen LogP contribution in [0, 0.1) is 5.41 Å². The fraction of sp³-hybridized carbons (Fsp3) is 0.667. The molecule has 0 aromatic rings. The van der Waals surface area contributed by atoms with Crippen molar-refractivity contribution < 1.29 is 10.2 Å². The van der Waals surface area contributed by atoms with E-state index < -0.39 is 12.2 Å². The molecule has 80 valence electrons. The molecule has 0 aromatic carbocycles. The van der Waals surface area contributed by atoms with Gasteiger partial charge in [-0.1, -0.05) is 26.0 Å². The third-order valence-corrected chi connectivity index (χ3v) is 3.01. The summed E-state index contributed by atoms with van der Waals surface area (Å²) in [5.74, 6) is 0. The van der Waals surface area contributed by atoms with Crippen LogP contribution >= 0.6 is 0 Å². The summed E-state index contributed by atoms with van der Waals surface area (Å²) in [6.45, 7) is 8.06. The van der Waals surface area contributed by atoms with Gasteiger partial charge in [0.15, 0.2) is 0 Å². The fourth-order valence-corrected chi connectivity index (χ4v) is 2.25. The van der Waals surface area contributed by atoms with E-state index >= 15 is 0 Å². The molecule has 0 saturated heterocycles. The minimum Gasteiger partial charge on any atom is -0.390 e. The molecule has 14 heavy (non-hydrogen) atoms. The van der Waals surface area contributed by atoms with Crippen LogP contribution in [0.5, 0.6) is 0 Å². The molecule has 2 nitrogen and oxygen atoms in total. The lowest BCUT2D eigenvalue weighted by Gasteiger charge is -2.38. The summed E-state index contributed by atoms with van der Waals surface area (Å²) in [6, 6.07) is 0. The van der Waals surface area contributed by atoms with Crippen molar-refractivity contribution >= 4 is 0 Å². The third kappa shape index (κ3) is 1.91. The van der Waals surface area contributed by atoms with Gasteiger partial charge in [-0.2, -0.15) is 0 Å². The molecular weight excluding hydrogens is 176 g/mol. The second kappa shape index (κ2) is 3.87. The van der Waals surface area contributed by atoms with Crippen molar-refractivity contribution in [3.05, 3.63) is 23.3 Å². The van der Waals surface area contributed by atoms with Crippen molar-refractivity contribution in [1.29, 1.82) is 0 Å². The molecule has 2 atom stereocenters. The predicted molar refractivity (Wildman–Crippen MR) is 57.9 cm³/mol. The molecule has 0 radical (unpaired) electrons. The summed E-state index contributed by atoms with van der Waals surface area (Å²) in [6.07, 6.45) is 3.30. The summed E-state index contributed by atoms with van der Waals surface area (Å²) in [5, 5.41) is 19.4. The standard InChI is InChI=1S/C12H20O2/c1-5-6-9-8(2)11(14)10(13)7-12(9,3)4/h5-6,10-11,13-14H,7H2,1-4H3/b6-5+/t10-,11+/m0/s1. The van der Waals surface area contributed by atoms with Gasteiger partial charge in [-0.25, -0.2) is 0 Å². The van der Waals surface area contributed by atoms with E-state index in [0.29, 0.717) is 6.42 Å². The van der Waals surface area contributed by atoms with Crippen molar-refractivity contribution in [1.82, 2.24) is 0 Å². The summed E-state index contributed by atoms with van der Waals surface area (Å²) in [4.78, 5) is 0. The molecule has 0 fully saturated rings. The summed E-state index contributed by atoms with van der Waals surface area (Å²) < 4.78 is 0. The quantitative estimate of drug-likeness (QED) is 0.673. The Labute approximate surface area is 86.0 Å². The molecule has 0 saturated carbocycles. The highest BCUT2D eigenvalue weighted by Crippen LogP contribution is 2.40. The van der Waals surface area contributed by atoms with E-state index in [4.69, 9.17) is 0 Å². The first-order chi connectivity index (χ1) is 6.40. The zero-order valence-electron chi connectivity index (χ0n) is 9.41. The molecule has 0 spiro atoms. The number of allylic oxidation sites excluding steroid dienone is 3. The number of hydrogen-bond acceptors (Lipinski definition) is 2. The number of hydrogen-bond donors (Lipinski definition) is 2. The Bertz CT molecular complexity index is 274. The Balaban J connectivity index is 3.16. The van der Waals surface area contributed by atoms with E-state index in [1.54, 1.807) is 0 Å². The summed E-state index contributed by atoms with van der Waals surface area (Å²) in [7, 11) is 0. The lowest BCUT2D eigenvalue weighted by molar-refractivity contribution is 0.00686. The predicted octanol–water partition coefficient (Wildman–Crippen LogP) is 2.03. The third-order valence-electron chi connectivity index (χ3n) is 3.01. The first-order valence-electron chi connectivity index (χ1n) is 5.10. The first-order valence-corrected chi connectivity index (χ1v) is 5.10. The molecule has 0 aliphatic heterocycles. The van der Waals surface area contributed by atoms with Crippen LogP contribution in [0.25, 0.3) is 0 Å². The van der Waals surface area contributed by atoms with E-state index in [9.17, 15) is 10.2 Å². The van der Waals surface area contributed by atoms with Gasteiger partial charge in [-0.15, -0.1) is 0 Å². The second-order valence-electron chi connectivity index (χ2n) is 4.70. The molecule has 2 heteroatoms. The second-order valence-corrected chi connectivity index (χ2v) is 4.70. The van der Waals surface area contributed by atoms with Crippen molar-refractivity contribution in [2.45, 2.75) is 46.3 Å². The van der Waals surface area contributed by atoms with Gasteiger partial charge >= 0.3 is 0 Å². The monoisotopic (exact) mass is 196 g/mol. The topological polar surface area (TPSA) is 40.5 Å². The zero-order valence-corrected chi connectivity index (χ0v) is 9.41. The highest BCUT2D eigenvalue weighted by Gasteiger charge is 2.36. The largest absolute Gasteiger partial charge is 0.390 e. The molecule has 0 amide bonds. The number of aliphatic hydroxyl groups excluding tert-OH is 2. The SMILES string of the molecule is C/C=C/C1=C(C)[C@@H](O)[C@@H](O)CC1(C)C. The van der Waals surface area contributed by atoms with Crippen LogP contribution in [0.3, 0.4) is 0 Å². The Morgan fingerprint density at radius 3 is 2.43 bits per heavy atom. The van der Waals surface area contributed by atoms with E-state index in [2.05, 4.69) is 13.8 Å². The molecular formula is C12H20O2. The minimum atomic E-state index is -0.700. The lowest BCUT2D eigenvalue weighted by Crippen LogP contribution is -2.38. The van der Waals surface area contributed by atoms with E-state index in [1.807, 2.05) is 26.0 Å². The summed E-state index contributed by atoms with van der Waals surface area (Å²) >= 11 is 0. The molecule has 1 rings (SSSR count). The zero-order chi connectivity index (χ0) is 10.9. The van der Waals surface area contributed by atoms with Crippen molar-refractivity contribution in [3.8, 4) is 0 Å². The highest BCUT2D eigenvalue weighted by atomic mass is 16.3. The van der Waals surface area contributed by atoms with Gasteiger partial charge in [0.25, 0.3) is 0 Å². The van der Waals surface area contributed by atoms with Gasteiger partial charge in [0.1, 0.15) is 6.10 Å². The number of aliphatic hydroxyl groups is 2. The Morgan fingerprint density at radius 1 is 1.36 bits per heavy atom. The van der Waals surface area contributed by atoms with Gasteiger partial charge in [0.05, 0.1) is 6.10 Å². The van der Waals surface area contributed by atoms with Gasteiger partial charge < -0.3 is 10.2 Å².